The van der Waals surface area contributed by atoms with Crippen LogP contribution in [0.2, 0.25) is 5.15 Å². The molecule has 72 valence electrons. The first-order valence-corrected chi connectivity index (χ1v) is 4.48. The lowest BCUT2D eigenvalue weighted by atomic mass is 10.2. The molecular formula is C10H9ClN2O. The van der Waals surface area contributed by atoms with Gasteiger partial charge in [-0.2, -0.15) is 0 Å². The molecule has 1 heterocycles. The second-order valence-electron chi connectivity index (χ2n) is 2.93. The van der Waals surface area contributed by atoms with Crippen LogP contribution in [-0.2, 0) is 0 Å². The minimum Gasteiger partial charge on any atom is -0.497 e. The third-order valence-electron chi connectivity index (χ3n) is 2.01. The fourth-order valence-corrected chi connectivity index (χ4v) is 1.41. The van der Waals surface area contributed by atoms with E-state index in [1.54, 1.807) is 13.2 Å². The molecule has 0 atom stereocenters. The predicted molar refractivity (Wildman–Crippen MR) is 57.7 cm³/mol. The Labute approximate surface area is 86.5 Å². The fraction of sp³-hybridized carbons (Fsp3) is 0.100. The van der Waals surface area contributed by atoms with E-state index in [0.717, 1.165) is 16.7 Å². The van der Waals surface area contributed by atoms with Crippen LogP contribution in [-0.4, -0.2) is 12.1 Å². The SMILES string of the molecule is COc1ccc2cc(N)c(Cl)nc2c1. The number of nitrogens with two attached hydrogens (primary N) is 1. The van der Waals surface area contributed by atoms with Gasteiger partial charge in [-0.15, -0.1) is 0 Å². The van der Waals surface area contributed by atoms with Gasteiger partial charge < -0.3 is 10.5 Å². The Morgan fingerprint density at radius 1 is 1.36 bits per heavy atom. The van der Waals surface area contributed by atoms with Gasteiger partial charge in [-0.1, -0.05) is 11.6 Å². The summed E-state index contributed by atoms with van der Waals surface area (Å²) >= 11 is 5.81. The molecule has 0 aliphatic carbocycles. The summed E-state index contributed by atoms with van der Waals surface area (Å²) in [5.41, 5.74) is 6.90. The highest BCUT2D eigenvalue weighted by Gasteiger charge is 2.02. The number of methoxy groups -OCH3 is 1. The molecule has 0 spiro atoms. The number of ether oxygens (including phenoxy) is 1. The van der Waals surface area contributed by atoms with Crippen LogP contribution in [0.15, 0.2) is 24.3 Å². The molecule has 0 unspecified atom stereocenters. The van der Waals surface area contributed by atoms with Crippen molar-refractivity contribution in [3.63, 3.8) is 0 Å². The van der Waals surface area contributed by atoms with Crippen LogP contribution in [0.1, 0.15) is 0 Å². The lowest BCUT2D eigenvalue weighted by Crippen LogP contribution is -1.90. The van der Waals surface area contributed by atoms with E-state index >= 15 is 0 Å². The minimum absolute atomic E-state index is 0.325. The van der Waals surface area contributed by atoms with Gasteiger partial charge >= 0.3 is 0 Å². The Morgan fingerprint density at radius 3 is 2.86 bits per heavy atom. The van der Waals surface area contributed by atoms with Crippen molar-refractivity contribution in [3.8, 4) is 5.75 Å². The van der Waals surface area contributed by atoms with Crippen molar-refractivity contribution in [2.24, 2.45) is 0 Å². The zero-order valence-electron chi connectivity index (χ0n) is 7.62. The van der Waals surface area contributed by atoms with Crippen LogP contribution in [0.5, 0.6) is 5.75 Å². The Bertz CT molecular complexity index is 485. The first-order chi connectivity index (χ1) is 6.70. The molecule has 0 bridgehead atoms. The van der Waals surface area contributed by atoms with Crippen molar-refractivity contribution >= 4 is 28.2 Å². The van der Waals surface area contributed by atoms with Crippen molar-refractivity contribution in [1.82, 2.24) is 4.98 Å². The fourth-order valence-electron chi connectivity index (χ4n) is 1.27. The van der Waals surface area contributed by atoms with Crippen LogP contribution < -0.4 is 10.5 Å². The van der Waals surface area contributed by atoms with Crippen LogP contribution in [0.25, 0.3) is 10.9 Å². The summed E-state index contributed by atoms with van der Waals surface area (Å²) in [5.74, 6) is 0.755. The second-order valence-corrected chi connectivity index (χ2v) is 3.29. The van der Waals surface area contributed by atoms with E-state index < -0.39 is 0 Å². The molecule has 0 saturated carbocycles. The van der Waals surface area contributed by atoms with E-state index in [1.165, 1.54) is 0 Å². The van der Waals surface area contributed by atoms with Gasteiger partial charge in [0.05, 0.1) is 18.3 Å². The average molecular weight is 209 g/mol. The van der Waals surface area contributed by atoms with Gasteiger partial charge in [0.15, 0.2) is 5.15 Å². The summed E-state index contributed by atoms with van der Waals surface area (Å²) in [5, 5.41) is 1.28. The Balaban J connectivity index is 2.70. The topological polar surface area (TPSA) is 48.1 Å². The van der Waals surface area contributed by atoms with Gasteiger partial charge in [-0.3, -0.25) is 0 Å². The zero-order valence-corrected chi connectivity index (χ0v) is 8.38. The number of rotatable bonds is 1. The standard InChI is InChI=1S/C10H9ClN2O/c1-14-7-3-2-6-4-8(12)10(11)13-9(6)5-7/h2-5H,12H2,1H3. The second kappa shape index (κ2) is 3.35. The third-order valence-corrected chi connectivity index (χ3v) is 2.31. The molecule has 14 heavy (non-hydrogen) atoms. The van der Waals surface area contributed by atoms with Crippen LogP contribution in [0, 0.1) is 0 Å². The summed E-state index contributed by atoms with van der Waals surface area (Å²) < 4.78 is 5.08. The van der Waals surface area contributed by atoms with Gasteiger partial charge in [0, 0.05) is 11.5 Å². The maximum atomic E-state index is 5.81. The molecule has 0 amide bonds. The van der Waals surface area contributed by atoms with Crippen molar-refractivity contribution in [1.29, 1.82) is 0 Å². The van der Waals surface area contributed by atoms with E-state index in [9.17, 15) is 0 Å². The Kier molecular flexibility index (Phi) is 2.17. The largest absolute Gasteiger partial charge is 0.497 e. The molecule has 0 saturated heterocycles. The summed E-state index contributed by atoms with van der Waals surface area (Å²) in [6.07, 6.45) is 0. The summed E-state index contributed by atoms with van der Waals surface area (Å²) in [6.45, 7) is 0. The highest BCUT2D eigenvalue weighted by Crippen LogP contribution is 2.25. The highest BCUT2D eigenvalue weighted by molar-refractivity contribution is 6.32. The number of halogens is 1. The normalized spacial score (nSPS) is 10.4. The summed E-state index contributed by atoms with van der Waals surface area (Å²) in [7, 11) is 1.61. The number of hydrogen-bond acceptors (Lipinski definition) is 3. The highest BCUT2D eigenvalue weighted by atomic mass is 35.5. The quantitative estimate of drug-likeness (QED) is 0.733. The molecule has 2 aromatic rings. The van der Waals surface area contributed by atoms with Crippen molar-refractivity contribution in [2.45, 2.75) is 0 Å². The number of benzene rings is 1. The van der Waals surface area contributed by atoms with Crippen LogP contribution in [0.4, 0.5) is 5.69 Å². The number of aromatic nitrogens is 1. The number of nitrogens with zero attached hydrogens (tertiary/aromatic N) is 1. The number of nitrogen functional groups attached to an aromatic ring is 1. The van der Waals surface area contributed by atoms with Crippen molar-refractivity contribution < 1.29 is 4.74 Å². The third kappa shape index (κ3) is 1.46. The van der Waals surface area contributed by atoms with E-state index in [2.05, 4.69) is 4.98 Å². The van der Waals surface area contributed by atoms with E-state index in [1.807, 2.05) is 18.2 Å². The molecule has 4 heteroatoms. The molecule has 0 radical (unpaired) electrons. The molecule has 1 aromatic carbocycles. The Hall–Kier alpha value is -1.48. The predicted octanol–water partition coefficient (Wildman–Crippen LogP) is 2.48. The van der Waals surface area contributed by atoms with Gasteiger partial charge in [-0.05, 0) is 18.2 Å². The molecule has 3 nitrogen and oxygen atoms in total. The van der Waals surface area contributed by atoms with Gasteiger partial charge in [-0.25, -0.2) is 4.98 Å². The van der Waals surface area contributed by atoms with Crippen molar-refractivity contribution in [2.75, 3.05) is 12.8 Å². The number of anilines is 1. The van der Waals surface area contributed by atoms with E-state index in [4.69, 9.17) is 22.1 Å². The lowest BCUT2D eigenvalue weighted by molar-refractivity contribution is 0.415. The molecule has 0 fully saturated rings. The Morgan fingerprint density at radius 2 is 2.14 bits per heavy atom. The molecule has 2 N–H and O–H groups in total. The molecule has 2 rings (SSSR count). The molecule has 1 aromatic heterocycles. The van der Waals surface area contributed by atoms with Gasteiger partial charge in [0.25, 0.3) is 0 Å². The van der Waals surface area contributed by atoms with Gasteiger partial charge in [0.2, 0.25) is 0 Å². The van der Waals surface area contributed by atoms with E-state index in [-0.39, 0.29) is 0 Å². The maximum absolute atomic E-state index is 5.81. The first-order valence-electron chi connectivity index (χ1n) is 4.10. The minimum atomic E-state index is 0.325. The van der Waals surface area contributed by atoms with Gasteiger partial charge in [0.1, 0.15) is 5.75 Å². The summed E-state index contributed by atoms with van der Waals surface area (Å²) in [4.78, 5) is 4.14. The van der Waals surface area contributed by atoms with Crippen LogP contribution >= 0.6 is 11.6 Å². The average Bonchev–Trinajstić information content (AvgIpc) is 2.19. The zero-order chi connectivity index (χ0) is 10.1. The van der Waals surface area contributed by atoms with Crippen LogP contribution in [0.3, 0.4) is 0 Å². The molecular weight excluding hydrogens is 200 g/mol. The van der Waals surface area contributed by atoms with Crippen molar-refractivity contribution in [3.05, 3.63) is 29.4 Å². The number of fused-ring (bicyclic) bond motifs is 1. The monoisotopic (exact) mass is 208 g/mol. The molecule has 0 aliphatic rings. The summed E-state index contributed by atoms with van der Waals surface area (Å²) in [6, 6.07) is 7.37. The number of pyridine rings is 1. The lowest BCUT2D eigenvalue weighted by Gasteiger charge is -2.03. The maximum Gasteiger partial charge on any atom is 0.152 e. The molecule has 0 aliphatic heterocycles. The first kappa shape index (κ1) is 9.09. The smallest absolute Gasteiger partial charge is 0.152 e. The van der Waals surface area contributed by atoms with E-state index in [0.29, 0.717) is 10.8 Å². The number of hydrogen-bond donors (Lipinski definition) is 1.